The van der Waals surface area contributed by atoms with Gasteiger partial charge in [0.15, 0.2) is 0 Å². The van der Waals surface area contributed by atoms with Crippen LogP contribution in [0.2, 0.25) is 0 Å². The molecule has 0 atom stereocenters. The molecular weight excluding hydrogens is 359 g/mol. The average Bonchev–Trinajstić information content (AvgIpc) is 3.39. The number of nitrogens with zero attached hydrogens (tertiary/aromatic N) is 3. The second kappa shape index (κ2) is 7.87. The number of benzene rings is 2. The summed E-state index contributed by atoms with van der Waals surface area (Å²) in [6.45, 7) is 0.226. The van der Waals surface area contributed by atoms with Gasteiger partial charge in [0.1, 0.15) is 12.1 Å². The van der Waals surface area contributed by atoms with Crippen molar-refractivity contribution in [3.05, 3.63) is 90.6 Å². The molecule has 0 aliphatic carbocycles. The van der Waals surface area contributed by atoms with Crippen LogP contribution in [0.15, 0.2) is 77.9 Å². The quantitative estimate of drug-likeness (QED) is 0.559. The minimum Gasteiger partial charge on any atom is -0.444 e. The highest BCUT2D eigenvalue weighted by Crippen LogP contribution is 2.18. The Morgan fingerprint density at radius 1 is 1.18 bits per heavy atom. The van der Waals surface area contributed by atoms with E-state index >= 15 is 0 Å². The predicted molar refractivity (Wildman–Crippen MR) is 101 cm³/mol. The summed E-state index contributed by atoms with van der Waals surface area (Å²) in [7, 11) is 0. The third-order valence-electron chi connectivity index (χ3n) is 4.20. The number of amides is 1. The second-order valence-corrected chi connectivity index (χ2v) is 6.22. The van der Waals surface area contributed by atoms with Crippen molar-refractivity contribution in [3.63, 3.8) is 0 Å². The number of rotatable bonds is 6. The topological polar surface area (TPSA) is 73.0 Å². The molecule has 4 rings (SSSR count). The molecule has 0 aliphatic rings. The second-order valence-electron chi connectivity index (χ2n) is 6.22. The molecule has 2 heterocycles. The number of imidazole rings is 1. The van der Waals surface area contributed by atoms with E-state index in [1.807, 2.05) is 30.3 Å². The predicted octanol–water partition coefficient (Wildman–Crippen LogP) is 3.53. The molecule has 1 amide bonds. The van der Waals surface area contributed by atoms with Gasteiger partial charge < -0.3 is 14.3 Å². The summed E-state index contributed by atoms with van der Waals surface area (Å²) >= 11 is 0. The van der Waals surface area contributed by atoms with Gasteiger partial charge in [0.25, 0.3) is 0 Å². The first-order chi connectivity index (χ1) is 13.7. The molecule has 0 spiro atoms. The molecule has 0 aliphatic heterocycles. The molecule has 0 fully saturated rings. The molecule has 2 aromatic heterocycles. The highest BCUT2D eigenvalue weighted by Gasteiger charge is 2.11. The van der Waals surface area contributed by atoms with Crippen molar-refractivity contribution >= 4 is 5.91 Å². The zero-order chi connectivity index (χ0) is 19.3. The van der Waals surface area contributed by atoms with Crippen molar-refractivity contribution in [2.24, 2.45) is 0 Å². The number of hydrogen-bond acceptors (Lipinski definition) is 4. The lowest BCUT2D eigenvalue weighted by molar-refractivity contribution is -0.120. The van der Waals surface area contributed by atoms with Crippen LogP contribution < -0.4 is 5.32 Å². The van der Waals surface area contributed by atoms with Crippen LogP contribution in [0.4, 0.5) is 4.39 Å². The summed E-state index contributed by atoms with van der Waals surface area (Å²) in [6, 6.07) is 14.3. The largest absolute Gasteiger partial charge is 0.444 e. The lowest BCUT2D eigenvalue weighted by Gasteiger charge is -2.08. The third-order valence-corrected chi connectivity index (χ3v) is 4.20. The van der Waals surface area contributed by atoms with Gasteiger partial charge in [0.2, 0.25) is 11.8 Å². The van der Waals surface area contributed by atoms with Crippen LogP contribution in [-0.2, 0) is 17.8 Å². The first-order valence-electron chi connectivity index (χ1n) is 8.72. The molecule has 140 valence electrons. The van der Waals surface area contributed by atoms with Crippen LogP contribution in [0.25, 0.3) is 17.1 Å². The standard InChI is InChI=1S/C21H17FN4O2/c22-18-10-15(6-7-19(18)26-9-8-23-14-26)12-24-20(27)11-17-13-28-21(25-17)16-4-2-1-3-5-16/h1-10,13-14H,11-12H2,(H,24,27). The van der Waals surface area contributed by atoms with Crippen LogP contribution in [-0.4, -0.2) is 20.4 Å². The Morgan fingerprint density at radius 2 is 2.04 bits per heavy atom. The maximum Gasteiger partial charge on any atom is 0.226 e. The van der Waals surface area contributed by atoms with Gasteiger partial charge in [-0.15, -0.1) is 0 Å². The van der Waals surface area contributed by atoms with Crippen LogP contribution in [0.1, 0.15) is 11.3 Å². The number of hydrogen-bond donors (Lipinski definition) is 1. The Labute approximate surface area is 160 Å². The first-order valence-corrected chi connectivity index (χ1v) is 8.72. The van der Waals surface area contributed by atoms with Crippen molar-refractivity contribution in [3.8, 4) is 17.1 Å². The van der Waals surface area contributed by atoms with E-state index in [2.05, 4.69) is 15.3 Å². The van der Waals surface area contributed by atoms with E-state index in [0.29, 0.717) is 22.8 Å². The summed E-state index contributed by atoms with van der Waals surface area (Å²) in [5.74, 6) is -0.124. The Balaban J connectivity index is 1.35. The van der Waals surface area contributed by atoms with E-state index in [9.17, 15) is 9.18 Å². The average molecular weight is 376 g/mol. The number of aromatic nitrogens is 3. The zero-order valence-corrected chi connectivity index (χ0v) is 14.9. The van der Waals surface area contributed by atoms with Gasteiger partial charge in [-0.1, -0.05) is 24.3 Å². The Kier molecular flexibility index (Phi) is 4.97. The fraction of sp³-hybridized carbons (Fsp3) is 0.0952. The van der Waals surface area contributed by atoms with Gasteiger partial charge in [0, 0.05) is 24.5 Å². The van der Waals surface area contributed by atoms with E-state index < -0.39 is 0 Å². The SMILES string of the molecule is O=C(Cc1coc(-c2ccccc2)n1)NCc1ccc(-n2ccnc2)c(F)c1. The van der Waals surface area contributed by atoms with Gasteiger partial charge in [-0.05, 0) is 29.8 Å². The lowest BCUT2D eigenvalue weighted by Crippen LogP contribution is -2.24. The van der Waals surface area contributed by atoms with Crippen molar-refractivity contribution in [1.82, 2.24) is 19.9 Å². The van der Waals surface area contributed by atoms with Crippen LogP contribution in [0.5, 0.6) is 0 Å². The van der Waals surface area contributed by atoms with Gasteiger partial charge in [-0.25, -0.2) is 14.4 Å². The lowest BCUT2D eigenvalue weighted by atomic mass is 10.2. The number of carbonyl (C=O) groups is 1. The molecular formula is C21H17FN4O2. The van der Waals surface area contributed by atoms with E-state index in [-0.39, 0.29) is 24.7 Å². The Hall–Kier alpha value is -3.74. The fourth-order valence-electron chi connectivity index (χ4n) is 2.80. The third kappa shape index (κ3) is 3.98. The molecule has 0 saturated heterocycles. The number of oxazole rings is 1. The molecule has 7 heteroatoms. The van der Waals surface area contributed by atoms with Crippen LogP contribution in [0.3, 0.4) is 0 Å². The van der Waals surface area contributed by atoms with Crippen LogP contribution in [0, 0.1) is 5.82 Å². The molecule has 0 saturated carbocycles. The summed E-state index contributed by atoms with van der Waals surface area (Å²) in [5.41, 5.74) is 2.46. The van der Waals surface area contributed by atoms with E-state index in [1.165, 1.54) is 18.7 Å². The minimum absolute atomic E-state index is 0.0892. The Morgan fingerprint density at radius 3 is 2.79 bits per heavy atom. The summed E-state index contributed by atoms with van der Waals surface area (Å²) < 4.78 is 21.3. The maximum atomic E-state index is 14.3. The molecule has 28 heavy (non-hydrogen) atoms. The summed E-state index contributed by atoms with van der Waals surface area (Å²) in [4.78, 5) is 20.4. The smallest absolute Gasteiger partial charge is 0.226 e. The monoisotopic (exact) mass is 376 g/mol. The van der Waals surface area contributed by atoms with Gasteiger partial charge >= 0.3 is 0 Å². The molecule has 4 aromatic rings. The van der Waals surface area contributed by atoms with E-state index in [1.54, 1.807) is 29.1 Å². The van der Waals surface area contributed by atoms with Crippen molar-refractivity contribution < 1.29 is 13.6 Å². The van der Waals surface area contributed by atoms with Crippen molar-refractivity contribution in [1.29, 1.82) is 0 Å². The van der Waals surface area contributed by atoms with Crippen molar-refractivity contribution in [2.45, 2.75) is 13.0 Å². The fourth-order valence-corrected chi connectivity index (χ4v) is 2.80. The molecule has 2 aromatic carbocycles. The number of carbonyl (C=O) groups excluding carboxylic acids is 1. The molecule has 0 bridgehead atoms. The highest BCUT2D eigenvalue weighted by molar-refractivity contribution is 5.78. The molecule has 0 unspecified atom stereocenters. The van der Waals surface area contributed by atoms with Crippen molar-refractivity contribution in [2.75, 3.05) is 0 Å². The van der Waals surface area contributed by atoms with E-state index in [4.69, 9.17) is 4.42 Å². The van der Waals surface area contributed by atoms with Gasteiger partial charge in [0.05, 0.1) is 24.1 Å². The summed E-state index contributed by atoms with van der Waals surface area (Å²) in [6.07, 6.45) is 6.34. The van der Waals surface area contributed by atoms with Gasteiger partial charge in [-0.2, -0.15) is 0 Å². The maximum absolute atomic E-state index is 14.3. The minimum atomic E-state index is -0.381. The zero-order valence-electron chi connectivity index (χ0n) is 14.9. The highest BCUT2D eigenvalue weighted by atomic mass is 19.1. The molecule has 6 nitrogen and oxygen atoms in total. The first kappa shape index (κ1) is 17.7. The van der Waals surface area contributed by atoms with Crippen LogP contribution >= 0.6 is 0 Å². The molecule has 1 N–H and O–H groups in total. The van der Waals surface area contributed by atoms with Gasteiger partial charge in [-0.3, -0.25) is 4.79 Å². The summed E-state index contributed by atoms with van der Waals surface area (Å²) in [5, 5.41) is 2.77. The van der Waals surface area contributed by atoms with E-state index in [0.717, 1.165) is 5.56 Å². The number of halogens is 1. The molecule has 0 radical (unpaired) electrons. The normalized spacial score (nSPS) is 10.8. The number of nitrogens with one attached hydrogen (secondary N) is 1. The Bertz CT molecular complexity index is 1080.